The molecule has 0 atom stereocenters. The highest BCUT2D eigenvalue weighted by atomic mass is 35.5. The monoisotopic (exact) mass is 237 g/mol. The molecule has 0 bridgehead atoms. The molecule has 1 aromatic carbocycles. The van der Waals surface area contributed by atoms with Crippen molar-refractivity contribution in [3.05, 3.63) is 30.1 Å². The Labute approximate surface area is 96.4 Å². The Hall–Kier alpha value is -1.88. The number of ether oxygens (including phenoxy) is 1. The van der Waals surface area contributed by atoms with Crippen molar-refractivity contribution in [2.24, 2.45) is 0 Å². The topological polar surface area (TPSA) is 67.9 Å². The van der Waals surface area contributed by atoms with Gasteiger partial charge in [-0.15, -0.1) is 10.2 Å². The summed E-state index contributed by atoms with van der Waals surface area (Å²) in [5.74, 6) is 1.27. The maximum atomic E-state index is 10.8. The second kappa shape index (κ2) is 4.32. The number of aromatic amines is 1. The first kappa shape index (κ1) is 10.6. The van der Waals surface area contributed by atoms with Crippen molar-refractivity contribution < 1.29 is 9.53 Å². The molecule has 0 aliphatic heterocycles. The van der Waals surface area contributed by atoms with Crippen molar-refractivity contribution in [3.63, 3.8) is 0 Å². The Morgan fingerprint density at radius 1 is 1.31 bits per heavy atom. The molecule has 0 saturated heterocycles. The molecule has 16 heavy (non-hydrogen) atoms. The first-order valence-electron chi connectivity index (χ1n) is 4.47. The van der Waals surface area contributed by atoms with Crippen LogP contribution in [0.3, 0.4) is 0 Å². The number of methoxy groups -OCH3 is 1. The van der Waals surface area contributed by atoms with E-state index in [1.807, 2.05) is 12.1 Å². The summed E-state index contributed by atoms with van der Waals surface area (Å²) in [5.41, 5.74) is 0.803. The van der Waals surface area contributed by atoms with Gasteiger partial charge in [-0.2, -0.15) is 0 Å². The van der Waals surface area contributed by atoms with Gasteiger partial charge in [0, 0.05) is 5.56 Å². The molecule has 0 spiro atoms. The molecule has 0 unspecified atom stereocenters. The zero-order valence-electron chi connectivity index (χ0n) is 8.40. The minimum absolute atomic E-state index is 0.0347. The largest absolute Gasteiger partial charge is 0.497 e. The lowest BCUT2D eigenvalue weighted by atomic mass is 10.2. The highest BCUT2D eigenvalue weighted by Gasteiger charge is 2.09. The number of halogens is 1. The van der Waals surface area contributed by atoms with Crippen LogP contribution >= 0.6 is 11.6 Å². The maximum absolute atomic E-state index is 10.8. The van der Waals surface area contributed by atoms with Gasteiger partial charge >= 0.3 is 0 Å². The van der Waals surface area contributed by atoms with Gasteiger partial charge in [0.25, 0.3) is 5.24 Å². The van der Waals surface area contributed by atoms with Crippen LogP contribution in [0, 0.1) is 0 Å². The van der Waals surface area contributed by atoms with E-state index in [0.29, 0.717) is 5.82 Å². The number of nitrogens with zero attached hydrogens (tertiary/aromatic N) is 2. The van der Waals surface area contributed by atoms with Crippen molar-refractivity contribution >= 4 is 16.8 Å². The summed E-state index contributed by atoms with van der Waals surface area (Å²) in [6.07, 6.45) is 0. The van der Waals surface area contributed by atoms with Crippen LogP contribution in [0.15, 0.2) is 24.3 Å². The van der Waals surface area contributed by atoms with Gasteiger partial charge in [0.1, 0.15) is 5.75 Å². The second-order valence-electron chi connectivity index (χ2n) is 3.02. The van der Waals surface area contributed by atoms with E-state index in [4.69, 9.17) is 16.3 Å². The molecule has 2 rings (SSSR count). The lowest BCUT2D eigenvalue weighted by molar-refractivity contribution is 0.107. The smallest absolute Gasteiger partial charge is 0.289 e. The van der Waals surface area contributed by atoms with Crippen molar-refractivity contribution in [3.8, 4) is 17.1 Å². The third kappa shape index (κ3) is 2.04. The average Bonchev–Trinajstić information content (AvgIpc) is 2.78. The van der Waals surface area contributed by atoms with Crippen molar-refractivity contribution in [1.82, 2.24) is 15.2 Å². The molecule has 0 aliphatic rings. The molecule has 0 fully saturated rings. The van der Waals surface area contributed by atoms with Gasteiger partial charge < -0.3 is 9.72 Å². The van der Waals surface area contributed by atoms with Crippen LogP contribution in [0.2, 0.25) is 0 Å². The fourth-order valence-electron chi connectivity index (χ4n) is 1.23. The van der Waals surface area contributed by atoms with Gasteiger partial charge in [0.15, 0.2) is 5.82 Å². The summed E-state index contributed by atoms with van der Waals surface area (Å²) in [6, 6.07) is 7.20. The zero-order chi connectivity index (χ0) is 11.5. The Morgan fingerprint density at radius 2 is 2.00 bits per heavy atom. The fraction of sp³-hybridized carbons (Fsp3) is 0.100. The molecule has 2 aromatic rings. The summed E-state index contributed by atoms with van der Waals surface area (Å²) in [4.78, 5) is 13.5. The quantitative estimate of drug-likeness (QED) is 0.828. The van der Waals surface area contributed by atoms with Gasteiger partial charge in [-0.05, 0) is 35.9 Å². The lowest BCUT2D eigenvalue weighted by Crippen LogP contribution is -1.90. The molecule has 0 radical (unpaired) electrons. The fourth-order valence-corrected chi connectivity index (χ4v) is 1.31. The predicted octanol–water partition coefficient (Wildman–Crippen LogP) is 1.86. The van der Waals surface area contributed by atoms with Gasteiger partial charge in [-0.25, -0.2) is 0 Å². The van der Waals surface area contributed by atoms with E-state index in [2.05, 4.69) is 15.2 Å². The number of H-pyrrole nitrogens is 1. The van der Waals surface area contributed by atoms with Gasteiger partial charge in [-0.3, -0.25) is 4.79 Å². The Balaban J connectivity index is 2.31. The van der Waals surface area contributed by atoms with E-state index in [-0.39, 0.29) is 5.82 Å². The Kier molecular flexibility index (Phi) is 2.87. The summed E-state index contributed by atoms with van der Waals surface area (Å²) < 4.78 is 5.03. The summed E-state index contributed by atoms with van der Waals surface area (Å²) in [7, 11) is 1.59. The number of carbonyl (C=O) groups excluding carboxylic acids is 1. The molecule has 82 valence electrons. The van der Waals surface area contributed by atoms with Crippen LogP contribution < -0.4 is 4.74 Å². The lowest BCUT2D eigenvalue weighted by Gasteiger charge is -1.99. The SMILES string of the molecule is COc1ccc(-c2nnc(C(=O)Cl)[nH]2)cc1. The Bertz CT molecular complexity index is 507. The van der Waals surface area contributed by atoms with Crippen LogP contribution in [0.1, 0.15) is 10.6 Å². The van der Waals surface area contributed by atoms with Crippen molar-refractivity contribution in [1.29, 1.82) is 0 Å². The minimum Gasteiger partial charge on any atom is -0.497 e. The summed E-state index contributed by atoms with van der Waals surface area (Å²) in [6.45, 7) is 0. The number of hydrogen-bond donors (Lipinski definition) is 1. The molecule has 5 nitrogen and oxygen atoms in total. The van der Waals surface area contributed by atoms with Crippen LogP contribution in [-0.4, -0.2) is 27.5 Å². The van der Waals surface area contributed by atoms with E-state index in [1.54, 1.807) is 19.2 Å². The normalized spacial score (nSPS) is 10.1. The maximum Gasteiger partial charge on any atom is 0.289 e. The molecular weight excluding hydrogens is 230 g/mol. The zero-order valence-corrected chi connectivity index (χ0v) is 9.15. The average molecular weight is 238 g/mol. The first-order valence-corrected chi connectivity index (χ1v) is 4.85. The summed E-state index contributed by atoms with van der Waals surface area (Å²) in [5, 5.41) is 6.77. The standard InChI is InChI=1S/C10H8ClN3O2/c1-16-7-4-2-6(3-5-7)9-12-10(8(11)15)14-13-9/h2-5H,1H3,(H,12,13,14). The third-order valence-electron chi connectivity index (χ3n) is 2.04. The number of hydrogen-bond acceptors (Lipinski definition) is 4. The van der Waals surface area contributed by atoms with E-state index in [1.165, 1.54) is 0 Å². The molecule has 1 heterocycles. The van der Waals surface area contributed by atoms with Gasteiger partial charge in [0.2, 0.25) is 5.82 Å². The third-order valence-corrected chi connectivity index (χ3v) is 2.22. The summed E-state index contributed by atoms with van der Waals surface area (Å²) >= 11 is 5.26. The second-order valence-corrected chi connectivity index (χ2v) is 3.37. The van der Waals surface area contributed by atoms with E-state index in [9.17, 15) is 4.79 Å². The van der Waals surface area contributed by atoms with Gasteiger partial charge in [0.05, 0.1) is 7.11 Å². The van der Waals surface area contributed by atoms with Gasteiger partial charge in [-0.1, -0.05) is 0 Å². The number of benzene rings is 1. The van der Waals surface area contributed by atoms with Crippen molar-refractivity contribution in [2.75, 3.05) is 7.11 Å². The number of carbonyl (C=O) groups is 1. The molecule has 0 saturated carbocycles. The number of aromatic nitrogens is 3. The molecule has 6 heteroatoms. The highest BCUT2D eigenvalue weighted by molar-refractivity contribution is 6.67. The minimum atomic E-state index is -0.660. The Morgan fingerprint density at radius 3 is 2.50 bits per heavy atom. The van der Waals surface area contributed by atoms with Crippen LogP contribution in [-0.2, 0) is 0 Å². The highest BCUT2D eigenvalue weighted by Crippen LogP contribution is 2.19. The van der Waals surface area contributed by atoms with E-state index >= 15 is 0 Å². The van der Waals surface area contributed by atoms with Crippen LogP contribution in [0.5, 0.6) is 5.75 Å². The molecule has 0 aliphatic carbocycles. The predicted molar refractivity (Wildman–Crippen MR) is 58.6 cm³/mol. The number of nitrogens with one attached hydrogen (secondary N) is 1. The molecule has 0 amide bonds. The first-order chi connectivity index (χ1) is 7.70. The van der Waals surface area contributed by atoms with E-state index in [0.717, 1.165) is 11.3 Å². The molecule has 1 aromatic heterocycles. The van der Waals surface area contributed by atoms with Crippen molar-refractivity contribution in [2.45, 2.75) is 0 Å². The van der Waals surface area contributed by atoms with E-state index < -0.39 is 5.24 Å². The molecular formula is C10H8ClN3O2. The number of rotatable bonds is 3. The van der Waals surface area contributed by atoms with Crippen LogP contribution in [0.25, 0.3) is 11.4 Å². The van der Waals surface area contributed by atoms with Crippen LogP contribution in [0.4, 0.5) is 0 Å². The molecule has 1 N–H and O–H groups in total.